The topological polar surface area (TPSA) is 44.8 Å². The fourth-order valence-electron chi connectivity index (χ4n) is 7.78. The first-order valence-corrected chi connectivity index (χ1v) is 21.9. The molecule has 0 N–H and O–H groups in total. The van der Waals surface area contributed by atoms with Crippen LogP contribution in [0.25, 0.3) is 0 Å². The summed E-state index contributed by atoms with van der Waals surface area (Å²) in [5.74, 6) is 4.27. The summed E-state index contributed by atoms with van der Waals surface area (Å²) in [5, 5.41) is 0. The largest absolute Gasteiger partial charge is 0.378 e. The van der Waals surface area contributed by atoms with E-state index in [0.29, 0.717) is 36.6 Å². The van der Waals surface area contributed by atoms with Crippen LogP contribution in [0.3, 0.4) is 0 Å². The van der Waals surface area contributed by atoms with Gasteiger partial charge < -0.3 is 14.2 Å². The first-order chi connectivity index (χ1) is 23.6. The third-order valence-corrected chi connectivity index (χ3v) is 9.82. The number of carbonyl (C=O) groups is 1. The van der Waals surface area contributed by atoms with Crippen molar-refractivity contribution in [1.82, 2.24) is 0 Å². The van der Waals surface area contributed by atoms with Crippen molar-refractivity contribution in [2.24, 2.45) is 29.6 Å². The fraction of sp³-hybridized carbons (Fsp3) is 0.977. The standard InChI is InChI=1S/2C11H20O.C10H16O2.6C2H6.3B/c2*1-9-7-10-5-3-2-4-6-11(10)12-8-9;11-9-6-8-4-2-1-3-5-10(8)12-7-9;6*1-2;;;/h2*9-11H,2-8H2,1H3;8,10H,1-7H2;6*1-2H3;;;/t9-,10+,11-;9-,10-,11+;8-,10+;;;;;;;;;/m100........./s1. The minimum absolute atomic E-state index is 0. The molecule has 9 radical (unpaired) electrons. The summed E-state index contributed by atoms with van der Waals surface area (Å²) in [5.41, 5.74) is 0. The normalized spacial score (nSPS) is 29.8. The van der Waals surface area contributed by atoms with Crippen LogP contribution in [0.1, 0.15) is 213 Å². The molecule has 4 nitrogen and oxygen atoms in total. The number of ketones is 1. The van der Waals surface area contributed by atoms with Gasteiger partial charge in [0.25, 0.3) is 0 Å². The molecule has 6 fully saturated rings. The summed E-state index contributed by atoms with van der Waals surface area (Å²) >= 11 is 0. The van der Waals surface area contributed by atoms with Gasteiger partial charge in [-0.1, -0.05) is 155 Å². The van der Waals surface area contributed by atoms with Gasteiger partial charge in [0.1, 0.15) is 6.61 Å². The van der Waals surface area contributed by atoms with E-state index in [9.17, 15) is 4.79 Å². The maximum absolute atomic E-state index is 11.1. The number of hydrogen-bond acceptors (Lipinski definition) is 4. The van der Waals surface area contributed by atoms with Gasteiger partial charge in [0, 0.05) is 44.9 Å². The Bertz CT molecular complexity index is 620. The molecule has 0 bridgehead atoms. The highest BCUT2D eigenvalue weighted by atomic mass is 16.5. The van der Waals surface area contributed by atoms with Crippen molar-refractivity contribution < 1.29 is 19.0 Å². The van der Waals surface area contributed by atoms with Crippen LogP contribution in [0.15, 0.2) is 0 Å². The van der Waals surface area contributed by atoms with Gasteiger partial charge in [0.15, 0.2) is 5.78 Å². The zero-order valence-corrected chi connectivity index (χ0v) is 37.3. The van der Waals surface area contributed by atoms with Crippen LogP contribution in [-0.2, 0) is 19.0 Å². The summed E-state index contributed by atoms with van der Waals surface area (Å²) in [6, 6.07) is 0. The van der Waals surface area contributed by atoms with Crippen LogP contribution < -0.4 is 0 Å². The van der Waals surface area contributed by atoms with Gasteiger partial charge in [-0.15, -0.1) is 0 Å². The molecule has 51 heavy (non-hydrogen) atoms. The van der Waals surface area contributed by atoms with Crippen molar-refractivity contribution in [3.8, 4) is 0 Å². The summed E-state index contributed by atoms with van der Waals surface area (Å²) in [4.78, 5) is 11.1. The van der Waals surface area contributed by atoms with Crippen LogP contribution in [0.2, 0.25) is 0 Å². The third-order valence-electron chi connectivity index (χ3n) is 9.82. The Balaban J connectivity index is -0.000000126. The number of hydrogen-bond donors (Lipinski definition) is 0. The molecule has 3 aliphatic carbocycles. The molecule has 3 saturated heterocycles. The zero-order chi connectivity index (χ0) is 37.2. The molecule has 0 aromatic carbocycles. The van der Waals surface area contributed by atoms with Crippen molar-refractivity contribution in [2.45, 2.75) is 231 Å². The monoisotopic (exact) mass is 718 g/mol. The SMILES string of the molecule is CC.CC.CC.CC.CC.CC.C[C@@H]1CO[C@@H]2CCCCC[C@H]2C1.C[C@H]1CO[C@@H]2CCCCC[C@H]2C1.O=C1CO[C@@H]2CCCCC[C@H]2C1.[B].[B].[B]. The maximum atomic E-state index is 11.1. The van der Waals surface area contributed by atoms with E-state index in [1.807, 2.05) is 83.1 Å². The highest BCUT2D eigenvalue weighted by molar-refractivity contribution is 5.80. The Morgan fingerprint density at radius 3 is 1.06 bits per heavy atom. The number of carbonyl (C=O) groups excluding carboxylic acids is 1. The van der Waals surface area contributed by atoms with Gasteiger partial charge in [-0.05, 0) is 81.0 Å². The van der Waals surface area contributed by atoms with E-state index in [4.69, 9.17) is 14.2 Å². The molecule has 0 unspecified atom stereocenters. The highest BCUT2D eigenvalue weighted by Gasteiger charge is 2.32. The summed E-state index contributed by atoms with van der Waals surface area (Å²) < 4.78 is 17.3. The second-order valence-corrected chi connectivity index (χ2v) is 13.2. The Hall–Kier alpha value is -0.255. The van der Waals surface area contributed by atoms with E-state index < -0.39 is 0 Å². The number of Topliss-reactive ketones (excluding diaryl/α,β-unsaturated/α-hetero) is 1. The van der Waals surface area contributed by atoms with Crippen molar-refractivity contribution in [3.05, 3.63) is 0 Å². The lowest BCUT2D eigenvalue weighted by Crippen LogP contribution is -2.33. The molecule has 0 spiro atoms. The van der Waals surface area contributed by atoms with E-state index in [1.54, 1.807) is 0 Å². The second kappa shape index (κ2) is 45.9. The Labute approximate surface area is 329 Å². The molecule has 8 atom stereocenters. The van der Waals surface area contributed by atoms with Crippen LogP contribution in [-0.4, -0.2) is 69.2 Å². The molecule has 6 rings (SSSR count). The van der Waals surface area contributed by atoms with Gasteiger partial charge in [0.05, 0.1) is 18.3 Å². The Morgan fingerprint density at radius 1 is 0.412 bits per heavy atom. The molecule has 3 heterocycles. The van der Waals surface area contributed by atoms with Gasteiger partial charge >= 0.3 is 0 Å². The molecule has 0 aromatic heterocycles. The van der Waals surface area contributed by atoms with E-state index in [-0.39, 0.29) is 25.2 Å². The van der Waals surface area contributed by atoms with Crippen LogP contribution in [0.5, 0.6) is 0 Å². The molecule has 301 valence electrons. The van der Waals surface area contributed by atoms with E-state index in [1.165, 1.54) is 109 Å². The summed E-state index contributed by atoms with van der Waals surface area (Å²) in [7, 11) is 0. The van der Waals surface area contributed by atoms with E-state index >= 15 is 0 Å². The molecular weight excluding hydrogens is 625 g/mol. The van der Waals surface area contributed by atoms with Gasteiger partial charge in [-0.25, -0.2) is 0 Å². The Morgan fingerprint density at radius 2 is 0.706 bits per heavy atom. The minimum atomic E-state index is 0. The fourth-order valence-corrected chi connectivity index (χ4v) is 7.78. The van der Waals surface area contributed by atoms with E-state index in [0.717, 1.165) is 43.3 Å². The van der Waals surface area contributed by atoms with Gasteiger partial charge in [0.2, 0.25) is 0 Å². The predicted octanol–water partition coefficient (Wildman–Crippen LogP) is 12.9. The number of ether oxygens (including phenoxy) is 3. The Kier molecular flexibility index (Phi) is 56.4. The maximum Gasteiger partial charge on any atom is 0.158 e. The average molecular weight is 718 g/mol. The predicted molar refractivity (Wildman–Crippen MR) is 231 cm³/mol. The summed E-state index contributed by atoms with van der Waals surface area (Å²) in [6.45, 7) is 31.0. The smallest absolute Gasteiger partial charge is 0.158 e. The number of fused-ring (bicyclic) bond motifs is 3. The lowest BCUT2D eigenvalue weighted by Gasteiger charge is -2.33. The van der Waals surface area contributed by atoms with Gasteiger partial charge in [-0.3, -0.25) is 4.79 Å². The molecule has 0 amide bonds. The average Bonchev–Trinajstić information content (AvgIpc) is 3.65. The highest BCUT2D eigenvalue weighted by Crippen LogP contribution is 2.35. The molecule has 0 aromatic rings. The van der Waals surface area contributed by atoms with Gasteiger partial charge in [-0.2, -0.15) is 0 Å². The number of rotatable bonds is 0. The quantitative estimate of drug-likeness (QED) is 0.234. The first-order valence-electron chi connectivity index (χ1n) is 21.9. The summed E-state index contributed by atoms with van der Waals surface area (Å²) in [6.07, 6.45) is 25.6. The molecule has 3 aliphatic heterocycles. The molecular formula is C44H92B3O4. The van der Waals surface area contributed by atoms with Crippen molar-refractivity contribution in [2.75, 3.05) is 19.8 Å². The van der Waals surface area contributed by atoms with Crippen molar-refractivity contribution in [3.63, 3.8) is 0 Å². The van der Waals surface area contributed by atoms with Crippen LogP contribution in [0, 0.1) is 29.6 Å². The van der Waals surface area contributed by atoms with Crippen LogP contribution >= 0.6 is 0 Å². The van der Waals surface area contributed by atoms with Crippen LogP contribution in [0.4, 0.5) is 0 Å². The zero-order valence-electron chi connectivity index (χ0n) is 37.3. The van der Waals surface area contributed by atoms with Crippen molar-refractivity contribution >= 4 is 31.0 Å². The van der Waals surface area contributed by atoms with Crippen molar-refractivity contribution in [1.29, 1.82) is 0 Å². The first kappa shape index (κ1) is 62.7. The third kappa shape index (κ3) is 28.8. The lowest BCUT2D eigenvalue weighted by atomic mass is 9.86. The molecule has 3 saturated carbocycles. The van der Waals surface area contributed by atoms with E-state index in [2.05, 4.69) is 13.8 Å². The molecule has 7 heteroatoms. The lowest BCUT2D eigenvalue weighted by molar-refractivity contribution is -0.136. The second-order valence-electron chi connectivity index (χ2n) is 13.2. The minimum Gasteiger partial charge on any atom is -0.378 e. The molecule has 6 aliphatic rings.